The van der Waals surface area contributed by atoms with Gasteiger partial charge in [0.2, 0.25) is 0 Å². The third-order valence-electron chi connectivity index (χ3n) is 4.81. The molecule has 0 atom stereocenters. The molecule has 4 aromatic rings. The summed E-state index contributed by atoms with van der Waals surface area (Å²) in [6, 6.07) is 8.31. The molecule has 0 aliphatic rings. The smallest absolute Gasteiger partial charge is 0.194 e. The van der Waals surface area contributed by atoms with E-state index in [1.165, 1.54) is 27.0 Å². The van der Waals surface area contributed by atoms with Crippen molar-refractivity contribution in [1.82, 2.24) is 19.7 Å². The first kappa shape index (κ1) is 17.4. The molecule has 0 N–H and O–H groups in total. The van der Waals surface area contributed by atoms with Gasteiger partial charge in [0.05, 0.1) is 17.1 Å². The van der Waals surface area contributed by atoms with Crippen molar-refractivity contribution in [3.8, 4) is 16.4 Å². The predicted octanol–water partition coefficient (Wildman–Crippen LogP) is 5.85. The molecule has 4 rings (SSSR count). The van der Waals surface area contributed by atoms with Gasteiger partial charge in [-0.1, -0.05) is 28.1 Å². The van der Waals surface area contributed by atoms with Crippen molar-refractivity contribution in [2.75, 3.05) is 0 Å². The van der Waals surface area contributed by atoms with Crippen molar-refractivity contribution < 1.29 is 0 Å². The van der Waals surface area contributed by atoms with E-state index < -0.39 is 0 Å². The van der Waals surface area contributed by atoms with E-state index in [1.54, 1.807) is 11.3 Å². The van der Waals surface area contributed by atoms with Gasteiger partial charge in [0.25, 0.3) is 0 Å². The molecule has 3 heterocycles. The number of aryl methyl sites for hydroxylation is 5. The molecule has 0 saturated carbocycles. The maximum Gasteiger partial charge on any atom is 0.194 e. The van der Waals surface area contributed by atoms with Crippen LogP contribution >= 0.6 is 27.3 Å². The van der Waals surface area contributed by atoms with Crippen LogP contribution in [0.5, 0.6) is 0 Å². The van der Waals surface area contributed by atoms with Crippen molar-refractivity contribution in [3.63, 3.8) is 0 Å². The highest BCUT2D eigenvalue weighted by molar-refractivity contribution is 9.10. The van der Waals surface area contributed by atoms with Gasteiger partial charge in [-0.2, -0.15) is 10.2 Å². The van der Waals surface area contributed by atoms with Crippen LogP contribution in [0.25, 0.3) is 27.2 Å². The summed E-state index contributed by atoms with van der Waals surface area (Å²) in [5.41, 5.74) is 6.44. The summed E-state index contributed by atoms with van der Waals surface area (Å²) < 4.78 is 3.32. The first-order valence-corrected chi connectivity index (χ1v) is 10.0. The van der Waals surface area contributed by atoms with Crippen LogP contribution in [-0.4, -0.2) is 19.7 Å². The molecule has 0 aliphatic carbocycles. The lowest BCUT2D eigenvalue weighted by Crippen LogP contribution is -1.98. The van der Waals surface area contributed by atoms with Gasteiger partial charge >= 0.3 is 0 Å². The Morgan fingerprint density at radius 1 is 0.846 bits per heavy atom. The molecule has 1 aromatic carbocycles. The van der Waals surface area contributed by atoms with Gasteiger partial charge in [-0.3, -0.25) is 4.57 Å². The van der Waals surface area contributed by atoms with Gasteiger partial charge in [0.15, 0.2) is 5.13 Å². The van der Waals surface area contributed by atoms with Crippen LogP contribution in [0.2, 0.25) is 0 Å². The summed E-state index contributed by atoms with van der Waals surface area (Å²) in [7, 11) is 0. The van der Waals surface area contributed by atoms with Crippen molar-refractivity contribution in [1.29, 1.82) is 0 Å². The number of benzene rings is 1. The largest absolute Gasteiger partial charge is 0.293 e. The molecular formula is C20H19BrN4S. The van der Waals surface area contributed by atoms with Crippen LogP contribution < -0.4 is 0 Å². The van der Waals surface area contributed by atoms with E-state index >= 15 is 0 Å². The number of fused-ring (bicyclic) bond motifs is 1. The standard InChI is InChI=1S/C20H19BrN4S/c1-10-17-12(3)25(13(4)18(17)11(2)24-23-10)20-22-19(14(5)26-20)15-6-8-16(21)9-7-15/h6-9H,1-5H3. The Morgan fingerprint density at radius 2 is 1.38 bits per heavy atom. The fourth-order valence-corrected chi connectivity index (χ4v) is 4.91. The van der Waals surface area contributed by atoms with Crippen LogP contribution in [0.4, 0.5) is 0 Å². The zero-order valence-corrected chi connectivity index (χ0v) is 17.8. The number of hydrogen-bond donors (Lipinski definition) is 0. The summed E-state index contributed by atoms with van der Waals surface area (Å²) in [5, 5.41) is 12.0. The van der Waals surface area contributed by atoms with Crippen molar-refractivity contribution >= 4 is 38.0 Å². The van der Waals surface area contributed by atoms with E-state index in [2.05, 4.69) is 75.7 Å². The molecule has 0 amide bonds. The number of halogens is 1. The first-order chi connectivity index (χ1) is 12.4. The van der Waals surface area contributed by atoms with E-state index in [0.29, 0.717) is 0 Å². The second kappa shape index (κ2) is 6.28. The average Bonchev–Trinajstić information content (AvgIpc) is 3.10. The summed E-state index contributed by atoms with van der Waals surface area (Å²) in [4.78, 5) is 6.19. The minimum atomic E-state index is 0.964. The third-order valence-corrected chi connectivity index (χ3v) is 6.30. The fraction of sp³-hybridized carbons (Fsp3) is 0.250. The zero-order chi connectivity index (χ0) is 18.6. The Morgan fingerprint density at radius 3 is 1.92 bits per heavy atom. The summed E-state index contributed by atoms with van der Waals surface area (Å²) >= 11 is 5.22. The number of thiazole rings is 1. The molecule has 0 saturated heterocycles. The summed E-state index contributed by atoms with van der Waals surface area (Å²) in [6.45, 7) is 10.4. The van der Waals surface area contributed by atoms with E-state index in [9.17, 15) is 0 Å². The van der Waals surface area contributed by atoms with Gasteiger partial charge in [-0.15, -0.1) is 11.3 Å². The van der Waals surface area contributed by atoms with Crippen molar-refractivity contribution in [3.05, 3.63) is 56.4 Å². The molecule has 132 valence electrons. The van der Waals surface area contributed by atoms with Crippen LogP contribution in [0.3, 0.4) is 0 Å². The molecule has 0 spiro atoms. The second-order valence-electron chi connectivity index (χ2n) is 6.54. The molecule has 0 bridgehead atoms. The SMILES string of the molecule is Cc1sc(-n2c(C)c3c(C)nnc(C)c3c2C)nc1-c1ccc(Br)cc1. The van der Waals surface area contributed by atoms with E-state index in [4.69, 9.17) is 4.98 Å². The Balaban J connectivity index is 1.95. The lowest BCUT2D eigenvalue weighted by Gasteiger charge is -2.04. The lowest BCUT2D eigenvalue weighted by atomic mass is 10.1. The third kappa shape index (κ3) is 2.59. The van der Waals surface area contributed by atoms with Crippen LogP contribution in [0.1, 0.15) is 27.7 Å². The zero-order valence-electron chi connectivity index (χ0n) is 15.4. The van der Waals surface area contributed by atoms with E-state index in [0.717, 1.165) is 32.2 Å². The summed E-state index contributed by atoms with van der Waals surface area (Å²) in [5.74, 6) is 0. The van der Waals surface area contributed by atoms with Gasteiger partial charge in [0.1, 0.15) is 0 Å². The van der Waals surface area contributed by atoms with E-state index in [-0.39, 0.29) is 0 Å². The first-order valence-electron chi connectivity index (χ1n) is 8.43. The monoisotopic (exact) mass is 426 g/mol. The van der Waals surface area contributed by atoms with Crippen LogP contribution in [-0.2, 0) is 0 Å². The maximum atomic E-state index is 4.98. The number of nitrogens with zero attached hydrogens (tertiary/aromatic N) is 4. The topological polar surface area (TPSA) is 43.6 Å². The molecule has 0 radical (unpaired) electrons. The van der Waals surface area contributed by atoms with Gasteiger partial charge in [-0.25, -0.2) is 4.98 Å². The normalized spacial score (nSPS) is 11.5. The number of aromatic nitrogens is 4. The Bertz CT molecular complexity index is 1090. The average molecular weight is 427 g/mol. The molecule has 4 nitrogen and oxygen atoms in total. The van der Waals surface area contributed by atoms with Crippen molar-refractivity contribution in [2.24, 2.45) is 0 Å². The summed E-state index contributed by atoms with van der Waals surface area (Å²) in [6.07, 6.45) is 0. The fourth-order valence-electron chi connectivity index (χ4n) is 3.61. The molecule has 0 aliphatic heterocycles. The molecular weight excluding hydrogens is 408 g/mol. The maximum absolute atomic E-state index is 4.98. The van der Waals surface area contributed by atoms with Crippen LogP contribution in [0, 0.1) is 34.6 Å². The number of rotatable bonds is 2. The second-order valence-corrected chi connectivity index (χ2v) is 8.63. The predicted molar refractivity (Wildman–Crippen MR) is 111 cm³/mol. The minimum Gasteiger partial charge on any atom is -0.293 e. The molecule has 0 fully saturated rings. The molecule has 6 heteroatoms. The lowest BCUT2D eigenvalue weighted by molar-refractivity contribution is 0.958. The Kier molecular flexibility index (Phi) is 4.20. The van der Waals surface area contributed by atoms with Crippen molar-refractivity contribution in [2.45, 2.75) is 34.6 Å². The van der Waals surface area contributed by atoms with Gasteiger partial charge in [-0.05, 0) is 46.8 Å². The minimum absolute atomic E-state index is 0.964. The Labute approximate surface area is 165 Å². The van der Waals surface area contributed by atoms with E-state index in [1.807, 2.05) is 13.8 Å². The molecule has 26 heavy (non-hydrogen) atoms. The highest BCUT2D eigenvalue weighted by Gasteiger charge is 2.20. The quantitative estimate of drug-likeness (QED) is 0.403. The van der Waals surface area contributed by atoms with Gasteiger partial charge in [0, 0.05) is 37.1 Å². The van der Waals surface area contributed by atoms with Crippen LogP contribution in [0.15, 0.2) is 28.7 Å². The highest BCUT2D eigenvalue weighted by Crippen LogP contribution is 2.36. The molecule has 3 aromatic heterocycles. The number of hydrogen-bond acceptors (Lipinski definition) is 4. The Hall–Kier alpha value is -2.05. The highest BCUT2D eigenvalue weighted by atomic mass is 79.9. The molecule has 0 unspecified atom stereocenters. The van der Waals surface area contributed by atoms with Gasteiger partial charge < -0.3 is 0 Å².